The Hall–Kier alpha value is -10.7. The van der Waals surface area contributed by atoms with Crippen LogP contribution in [0.3, 0.4) is 0 Å². The fourth-order valence-electron chi connectivity index (χ4n) is 16.3. The summed E-state index contributed by atoms with van der Waals surface area (Å²) in [5.41, 5.74) is 18.1. The number of hydrogen-bond acceptors (Lipinski definition) is 11. The summed E-state index contributed by atoms with van der Waals surface area (Å²) in [6.07, 6.45) is 12.4. The van der Waals surface area contributed by atoms with Crippen molar-refractivity contribution in [3.8, 4) is 112 Å². The topological polar surface area (TPSA) is 192 Å². The quantitative estimate of drug-likeness (QED) is 0.0488. The standard InChI is InChI=1S/4C19H16NSi.C14H17NSi.C14H16NSi.C2H6O.CHF3O3S.2CH4O.2Ir/c4*1-21(2)18-11-7-6-10-15(18)16-12-17(20-13-19(16)21)14-8-4-3-5-9-14;2*1-16(2,3)13-9-10-14(15-11-13)12-7-5-4-6-8-12;1-2-3;2-1(3,4)8(5,6)7;2*1-2;;/h4*3-8,10-13H,1-2H3;4-11H,1-3H3;4-7,9-11H,1-3H3;3H,2H2,1H3;(H,5,6,7);2*2H,1H3;;/q4*-1;;-1;;;;;;+3. The second-order valence-corrected chi connectivity index (χ2v) is 64.4. The molecule has 1 radical (unpaired) electrons. The second kappa shape index (κ2) is 46.5. The number of aromatic nitrogens is 6. The third-order valence-corrected chi connectivity index (χ3v) is 42.2. The summed E-state index contributed by atoms with van der Waals surface area (Å²) in [7, 11) is -12.6. The summed E-state index contributed by atoms with van der Waals surface area (Å²) in [4.78, 5) is 27.9. The van der Waals surface area contributed by atoms with Crippen LogP contribution in [0.15, 0.2) is 334 Å². The molecular formula is C109H112F3Ir2N6O6SSi6-2. The van der Waals surface area contributed by atoms with Gasteiger partial charge in [0, 0.05) is 83.7 Å². The Labute approximate surface area is 816 Å². The van der Waals surface area contributed by atoms with Gasteiger partial charge in [-0.2, -0.15) is 21.6 Å². The molecule has 685 valence electrons. The van der Waals surface area contributed by atoms with Crippen LogP contribution in [0.25, 0.3) is 112 Å². The van der Waals surface area contributed by atoms with Gasteiger partial charge in [0.25, 0.3) is 0 Å². The summed E-state index contributed by atoms with van der Waals surface area (Å²) in [5.74, 6) is 0. The van der Waals surface area contributed by atoms with Gasteiger partial charge in [-0.15, -0.1) is 179 Å². The minimum atomic E-state index is -5.84. The van der Waals surface area contributed by atoms with E-state index in [0.29, 0.717) is 0 Å². The molecule has 0 fully saturated rings. The molecular weight excluding hydrogens is 2130 g/mol. The van der Waals surface area contributed by atoms with Crippen molar-refractivity contribution in [2.24, 2.45) is 0 Å². The number of aliphatic hydroxyl groups is 3. The van der Waals surface area contributed by atoms with Crippen molar-refractivity contribution in [3.05, 3.63) is 365 Å². The van der Waals surface area contributed by atoms with E-state index in [1.54, 1.807) is 6.92 Å². The van der Waals surface area contributed by atoms with Gasteiger partial charge in [0.2, 0.25) is 0 Å². The molecule has 0 bridgehead atoms. The Morgan fingerprint density at radius 1 is 0.308 bits per heavy atom. The predicted octanol–water partition coefficient (Wildman–Crippen LogP) is 19.4. The molecule has 4 aliphatic heterocycles. The zero-order valence-electron chi connectivity index (χ0n) is 78.0. The van der Waals surface area contributed by atoms with Gasteiger partial charge in [0.1, 0.15) is 32.3 Å². The average Bonchev–Trinajstić information content (AvgIpc) is 1.60. The third-order valence-electron chi connectivity index (χ3n) is 23.4. The first-order valence-electron chi connectivity index (χ1n) is 43.3. The van der Waals surface area contributed by atoms with E-state index in [2.05, 4.69) is 339 Å². The van der Waals surface area contributed by atoms with Crippen molar-refractivity contribution in [2.45, 2.75) is 104 Å². The molecule has 0 saturated carbocycles. The third kappa shape index (κ3) is 25.1. The maximum Gasteiger partial charge on any atom is 3.00 e. The summed E-state index contributed by atoms with van der Waals surface area (Å²) in [6, 6.07) is 120. The molecule has 0 spiro atoms. The molecule has 10 heterocycles. The van der Waals surface area contributed by atoms with Crippen molar-refractivity contribution in [3.63, 3.8) is 0 Å². The molecule has 0 atom stereocenters. The Bertz CT molecular complexity index is 5950. The minimum absolute atomic E-state index is 0. The fraction of sp³-hybridized carbons (Fsp3) is 0.174. The number of alkyl halides is 3. The number of hydrogen-bond donors (Lipinski definition) is 4. The molecule has 6 aromatic heterocycles. The summed E-state index contributed by atoms with van der Waals surface area (Å²) in [6.45, 7) is 35.2. The van der Waals surface area contributed by atoms with Crippen molar-refractivity contribution in [2.75, 3.05) is 20.8 Å². The average molecular weight is 2240 g/mol. The van der Waals surface area contributed by atoms with Crippen molar-refractivity contribution < 1.29 is 81.7 Å². The number of halogens is 3. The molecule has 12 nitrogen and oxygen atoms in total. The maximum absolute atomic E-state index is 10.7. The van der Waals surface area contributed by atoms with Crippen molar-refractivity contribution in [1.82, 2.24) is 29.9 Å². The molecule has 10 aromatic carbocycles. The zero-order chi connectivity index (χ0) is 94.7. The normalized spacial score (nSPS) is 13.0. The van der Waals surface area contributed by atoms with E-state index in [9.17, 15) is 13.2 Å². The van der Waals surface area contributed by atoms with E-state index in [-0.39, 0.29) is 46.8 Å². The number of pyridine rings is 6. The van der Waals surface area contributed by atoms with E-state index >= 15 is 0 Å². The van der Waals surface area contributed by atoms with Gasteiger partial charge in [-0.1, -0.05) is 262 Å². The van der Waals surface area contributed by atoms with Crippen LogP contribution in [0.4, 0.5) is 13.2 Å². The Morgan fingerprint density at radius 3 is 0.729 bits per heavy atom. The summed E-state index contributed by atoms with van der Waals surface area (Å²) < 4.78 is 57.5. The van der Waals surface area contributed by atoms with Crippen molar-refractivity contribution in [1.29, 1.82) is 0 Å². The largest absolute Gasteiger partial charge is 3.00 e. The van der Waals surface area contributed by atoms with Gasteiger partial charge < -0.3 is 40.2 Å². The van der Waals surface area contributed by atoms with Crippen LogP contribution in [0.1, 0.15) is 6.92 Å². The molecule has 20 rings (SSSR count). The van der Waals surface area contributed by atoms with E-state index < -0.39 is 64.1 Å². The fourth-order valence-corrected chi connectivity index (χ4v) is 30.2. The van der Waals surface area contributed by atoms with Crippen molar-refractivity contribution >= 4 is 110 Å². The number of benzene rings is 10. The summed E-state index contributed by atoms with van der Waals surface area (Å²) >= 11 is 0. The second-order valence-electron chi connectivity index (χ2n) is 35.5. The number of nitrogens with zero attached hydrogens (tertiary/aromatic N) is 6. The number of fused-ring (bicyclic) bond motifs is 12. The summed E-state index contributed by atoms with van der Waals surface area (Å²) in [5, 5.41) is 36.3. The van der Waals surface area contributed by atoms with Gasteiger partial charge in [-0.25, -0.2) is 0 Å². The van der Waals surface area contributed by atoms with E-state index in [0.717, 1.165) is 76.2 Å². The molecule has 16 aromatic rings. The smallest absolute Gasteiger partial charge is 0.400 e. The van der Waals surface area contributed by atoms with E-state index in [1.807, 2.05) is 128 Å². The Kier molecular flexibility index (Phi) is 37.0. The number of rotatable bonds is 8. The van der Waals surface area contributed by atoms with Gasteiger partial charge in [0.05, 0.1) is 21.8 Å². The minimum Gasteiger partial charge on any atom is -0.400 e. The van der Waals surface area contributed by atoms with Crippen LogP contribution >= 0.6 is 0 Å². The predicted molar refractivity (Wildman–Crippen MR) is 554 cm³/mol. The van der Waals surface area contributed by atoms with Gasteiger partial charge in [-0.3, -0.25) is 9.54 Å². The first-order valence-corrected chi connectivity index (χ1v) is 63.8. The Morgan fingerprint density at radius 2 is 0.519 bits per heavy atom. The molecule has 133 heavy (non-hydrogen) atoms. The van der Waals surface area contributed by atoms with Crippen LogP contribution < -0.4 is 51.9 Å². The molecule has 4 aliphatic rings. The van der Waals surface area contributed by atoms with Crippen LogP contribution in [0, 0.1) is 30.3 Å². The molecule has 0 saturated heterocycles. The van der Waals surface area contributed by atoms with Crippen LogP contribution in [-0.4, -0.2) is 133 Å². The Balaban J connectivity index is 0.000000174. The first-order chi connectivity index (χ1) is 62.5. The first kappa shape index (κ1) is 106. The maximum atomic E-state index is 10.7. The van der Waals surface area contributed by atoms with Crippen LogP contribution in [0.2, 0.25) is 91.7 Å². The SMILES string of the molecule is CCO.CO.CO.C[Si](C)(C)c1ccc(-c2[c-]cccc2)nc1.C[Si](C)(C)c1ccc(-c2ccccc2)nc1.C[Si]1(C)c2ccccc2-c2cc(-c3[c-]cccc3)ncc21.C[Si]1(C)c2ccccc2-c2cc(-c3[c-]cccc3)ncc21.C[Si]1(C)c2ccccc2-c2cc(-c3[c-]cccc3)ncc21.C[Si]1(C)c2ccccc2-c2cc(-c3[c-]cccc3)ncc21.O=S(=O)(O)C(F)(F)F.[Ir+3].[Ir]. The molecule has 0 amide bonds. The van der Waals surface area contributed by atoms with Gasteiger partial charge in [-0.05, 0) is 138 Å². The molecule has 0 aliphatic carbocycles. The number of aliphatic hydroxyl groups excluding tert-OH is 3. The van der Waals surface area contributed by atoms with Gasteiger partial charge in [0.15, 0.2) is 0 Å². The van der Waals surface area contributed by atoms with Gasteiger partial charge >= 0.3 is 35.7 Å². The molecule has 0 unspecified atom stereocenters. The zero-order valence-corrected chi connectivity index (χ0v) is 89.6. The molecule has 24 heteroatoms. The van der Waals surface area contributed by atoms with Crippen LogP contribution in [-0.2, 0) is 50.3 Å². The molecule has 4 N–H and O–H groups in total. The van der Waals surface area contributed by atoms with E-state index in [4.69, 9.17) is 48.2 Å². The van der Waals surface area contributed by atoms with Crippen LogP contribution in [0.5, 0.6) is 0 Å². The monoisotopic (exact) mass is 2240 g/mol. The van der Waals surface area contributed by atoms with E-state index in [1.165, 1.54) is 102 Å².